The number of piperazine rings is 1. The van der Waals surface area contributed by atoms with Crippen LogP contribution in [0.4, 0.5) is 10.1 Å². The molecule has 2 aromatic carbocycles. The standard InChI is InChI=1S/C25H28Cl2FN3O3/c26-20-12-16(4-5-21(20)28)25(34)8-6-17-13-30(10-11-31(17)15-25)24(33)19-2-1-3-22(23(19)27)29-9-7-18(32)14-29/h1-5,12,17-18,32,34H,6-11,13-15H2/t17-,18+,25-/m1/s1. The van der Waals surface area contributed by atoms with Gasteiger partial charge in [0.25, 0.3) is 5.91 Å². The molecule has 0 unspecified atom stereocenters. The van der Waals surface area contributed by atoms with Crippen molar-refractivity contribution in [2.75, 3.05) is 44.2 Å². The van der Waals surface area contributed by atoms with Gasteiger partial charge in [-0.3, -0.25) is 9.69 Å². The number of β-amino-alcohol motifs (C(OH)–C–C–N with tert-alkyl or cyclic N) is 1. The molecule has 3 fully saturated rings. The lowest BCUT2D eigenvalue weighted by atomic mass is 9.82. The first kappa shape index (κ1) is 23.8. The van der Waals surface area contributed by atoms with Gasteiger partial charge >= 0.3 is 0 Å². The van der Waals surface area contributed by atoms with Crippen LogP contribution in [-0.4, -0.2) is 77.3 Å². The maximum absolute atomic E-state index is 13.6. The quantitative estimate of drug-likeness (QED) is 0.665. The molecule has 3 heterocycles. The van der Waals surface area contributed by atoms with Gasteiger partial charge in [0.1, 0.15) is 11.4 Å². The lowest BCUT2D eigenvalue weighted by molar-refractivity contribution is -0.0740. The van der Waals surface area contributed by atoms with Crippen LogP contribution in [0.1, 0.15) is 35.2 Å². The topological polar surface area (TPSA) is 67.3 Å². The summed E-state index contributed by atoms with van der Waals surface area (Å²) in [5.41, 5.74) is 0.773. The van der Waals surface area contributed by atoms with Gasteiger partial charge in [0.15, 0.2) is 0 Å². The van der Waals surface area contributed by atoms with Crippen molar-refractivity contribution in [2.45, 2.75) is 37.0 Å². The summed E-state index contributed by atoms with van der Waals surface area (Å²) in [6, 6.07) is 10.00. The number of hydrogen-bond acceptors (Lipinski definition) is 5. The minimum Gasteiger partial charge on any atom is -0.391 e. The number of piperidine rings is 1. The van der Waals surface area contributed by atoms with Crippen molar-refractivity contribution in [3.63, 3.8) is 0 Å². The third-order valence-electron chi connectivity index (χ3n) is 7.42. The van der Waals surface area contributed by atoms with E-state index >= 15 is 0 Å². The Morgan fingerprint density at radius 2 is 1.91 bits per heavy atom. The SMILES string of the molecule is O=C(c1cccc(N2CC[C@H](O)C2)c1Cl)N1CCN2C[C@@](O)(c3ccc(F)c(Cl)c3)CC[C@@H]2C1. The van der Waals surface area contributed by atoms with Gasteiger partial charge in [-0.25, -0.2) is 4.39 Å². The maximum atomic E-state index is 13.6. The molecule has 0 saturated carbocycles. The van der Waals surface area contributed by atoms with Crippen molar-refractivity contribution < 1.29 is 19.4 Å². The zero-order chi connectivity index (χ0) is 24.0. The Morgan fingerprint density at radius 1 is 1.09 bits per heavy atom. The molecule has 2 aromatic rings. The molecule has 5 rings (SSSR count). The summed E-state index contributed by atoms with van der Waals surface area (Å²) in [5, 5.41) is 21.6. The summed E-state index contributed by atoms with van der Waals surface area (Å²) in [6.45, 7) is 3.35. The van der Waals surface area contributed by atoms with Crippen LogP contribution in [0, 0.1) is 5.82 Å². The predicted octanol–water partition coefficient (Wildman–Crippen LogP) is 3.51. The van der Waals surface area contributed by atoms with Crippen molar-refractivity contribution in [3.8, 4) is 0 Å². The fourth-order valence-electron chi connectivity index (χ4n) is 5.46. The van der Waals surface area contributed by atoms with Gasteiger partial charge in [-0.05, 0) is 49.1 Å². The van der Waals surface area contributed by atoms with E-state index in [0.717, 1.165) is 5.69 Å². The van der Waals surface area contributed by atoms with E-state index in [-0.39, 0.29) is 23.1 Å². The van der Waals surface area contributed by atoms with Crippen molar-refractivity contribution in [3.05, 3.63) is 63.4 Å². The van der Waals surface area contributed by atoms with Gasteiger partial charge in [-0.15, -0.1) is 0 Å². The number of halogens is 3. The van der Waals surface area contributed by atoms with Gasteiger partial charge in [-0.1, -0.05) is 35.3 Å². The van der Waals surface area contributed by atoms with Gasteiger partial charge < -0.3 is 20.0 Å². The highest BCUT2D eigenvalue weighted by Gasteiger charge is 2.42. The Bertz CT molecular complexity index is 1100. The molecule has 6 nitrogen and oxygen atoms in total. The fraction of sp³-hybridized carbons (Fsp3) is 0.480. The summed E-state index contributed by atoms with van der Waals surface area (Å²) in [7, 11) is 0. The van der Waals surface area contributed by atoms with Crippen LogP contribution in [0.2, 0.25) is 10.0 Å². The van der Waals surface area contributed by atoms with Crippen molar-refractivity contribution in [1.82, 2.24) is 9.80 Å². The first-order valence-corrected chi connectivity index (χ1v) is 12.4. The van der Waals surface area contributed by atoms with Crippen LogP contribution in [-0.2, 0) is 5.60 Å². The molecule has 0 spiro atoms. The second kappa shape index (κ2) is 9.28. The van der Waals surface area contributed by atoms with E-state index in [4.69, 9.17) is 23.2 Å². The van der Waals surface area contributed by atoms with Crippen LogP contribution in [0.5, 0.6) is 0 Å². The van der Waals surface area contributed by atoms with E-state index in [1.807, 2.05) is 21.9 Å². The summed E-state index contributed by atoms with van der Waals surface area (Å²) in [5.74, 6) is -0.601. The van der Waals surface area contributed by atoms with Crippen LogP contribution < -0.4 is 4.90 Å². The Hall–Kier alpha value is -1.90. The smallest absolute Gasteiger partial charge is 0.255 e. The molecule has 3 saturated heterocycles. The van der Waals surface area contributed by atoms with Gasteiger partial charge in [-0.2, -0.15) is 0 Å². The number of aliphatic hydroxyl groups is 2. The van der Waals surface area contributed by atoms with Crippen molar-refractivity contribution in [2.24, 2.45) is 0 Å². The average molecular weight is 508 g/mol. The largest absolute Gasteiger partial charge is 0.391 e. The number of carbonyl (C=O) groups excluding carboxylic acids is 1. The molecule has 3 aliphatic rings. The molecule has 0 aromatic heterocycles. The molecular formula is C25H28Cl2FN3O3. The van der Waals surface area contributed by atoms with E-state index in [1.165, 1.54) is 12.1 Å². The highest BCUT2D eigenvalue weighted by Crippen LogP contribution is 2.38. The Kier molecular flexibility index (Phi) is 6.50. The average Bonchev–Trinajstić information content (AvgIpc) is 3.26. The van der Waals surface area contributed by atoms with Crippen LogP contribution >= 0.6 is 23.2 Å². The third kappa shape index (κ3) is 4.40. The molecule has 0 bridgehead atoms. The highest BCUT2D eigenvalue weighted by molar-refractivity contribution is 6.36. The number of carbonyl (C=O) groups is 1. The number of amides is 1. The second-order valence-electron chi connectivity index (χ2n) is 9.60. The van der Waals surface area contributed by atoms with E-state index in [1.54, 1.807) is 12.1 Å². The first-order valence-electron chi connectivity index (χ1n) is 11.7. The monoisotopic (exact) mass is 507 g/mol. The normalized spacial score (nSPS) is 27.7. The number of nitrogens with zero attached hydrogens (tertiary/aromatic N) is 3. The minimum absolute atomic E-state index is 0.00557. The zero-order valence-corrected chi connectivity index (χ0v) is 20.3. The zero-order valence-electron chi connectivity index (χ0n) is 18.8. The second-order valence-corrected chi connectivity index (χ2v) is 10.4. The summed E-state index contributed by atoms with van der Waals surface area (Å²) < 4.78 is 13.6. The van der Waals surface area contributed by atoms with Gasteiger partial charge in [0.05, 0.1) is 27.4 Å². The van der Waals surface area contributed by atoms with E-state index < -0.39 is 11.4 Å². The fourth-order valence-corrected chi connectivity index (χ4v) is 5.97. The predicted molar refractivity (Wildman–Crippen MR) is 130 cm³/mol. The van der Waals surface area contributed by atoms with Gasteiger partial charge in [0.2, 0.25) is 0 Å². The molecule has 0 radical (unpaired) electrons. The third-order valence-corrected chi connectivity index (χ3v) is 8.10. The van der Waals surface area contributed by atoms with E-state index in [2.05, 4.69) is 4.90 Å². The molecule has 182 valence electrons. The Balaban J connectivity index is 1.28. The van der Waals surface area contributed by atoms with Crippen LogP contribution in [0.15, 0.2) is 36.4 Å². The molecule has 0 aliphatic carbocycles. The molecule has 9 heteroatoms. The lowest BCUT2D eigenvalue weighted by Crippen LogP contribution is -2.60. The number of benzene rings is 2. The molecule has 3 aliphatic heterocycles. The molecular weight excluding hydrogens is 480 g/mol. The molecule has 34 heavy (non-hydrogen) atoms. The Morgan fingerprint density at radius 3 is 2.65 bits per heavy atom. The van der Waals surface area contributed by atoms with Crippen LogP contribution in [0.3, 0.4) is 0 Å². The molecule has 1 amide bonds. The Labute approximate surface area is 208 Å². The number of fused-ring (bicyclic) bond motifs is 1. The first-order chi connectivity index (χ1) is 16.2. The van der Waals surface area contributed by atoms with Crippen molar-refractivity contribution in [1.29, 1.82) is 0 Å². The highest BCUT2D eigenvalue weighted by atomic mass is 35.5. The summed E-state index contributed by atoms with van der Waals surface area (Å²) in [6.07, 6.45) is 1.52. The lowest BCUT2D eigenvalue weighted by Gasteiger charge is -2.49. The van der Waals surface area contributed by atoms with Crippen LogP contribution in [0.25, 0.3) is 0 Å². The minimum atomic E-state index is -1.10. The van der Waals surface area contributed by atoms with Crippen molar-refractivity contribution >= 4 is 34.8 Å². The van der Waals surface area contributed by atoms with E-state index in [9.17, 15) is 19.4 Å². The maximum Gasteiger partial charge on any atom is 0.255 e. The van der Waals surface area contributed by atoms with E-state index in [0.29, 0.717) is 74.7 Å². The summed E-state index contributed by atoms with van der Waals surface area (Å²) in [4.78, 5) is 19.5. The molecule has 2 N–H and O–H groups in total. The molecule has 3 atom stereocenters. The summed E-state index contributed by atoms with van der Waals surface area (Å²) >= 11 is 12.6. The number of hydrogen-bond donors (Lipinski definition) is 2. The number of aliphatic hydroxyl groups excluding tert-OH is 1. The number of rotatable bonds is 3. The number of anilines is 1. The van der Waals surface area contributed by atoms with Gasteiger partial charge in [0, 0.05) is 45.3 Å².